The standard InChI is InChI=1S/C15H27N3O2/c1-17(2)14(19)11-12-5-9-18(10-6-12)15(20)13-3-7-16-8-4-13/h12-13,16H,3-11H2,1-2H3. The van der Waals surface area contributed by atoms with E-state index in [4.69, 9.17) is 0 Å². The predicted octanol–water partition coefficient (Wildman–Crippen LogP) is 0.703. The van der Waals surface area contributed by atoms with Crippen LogP contribution in [0.1, 0.15) is 32.1 Å². The van der Waals surface area contributed by atoms with Crippen LogP contribution in [0.4, 0.5) is 0 Å². The molecule has 0 saturated carbocycles. The highest BCUT2D eigenvalue weighted by Gasteiger charge is 2.29. The fourth-order valence-electron chi connectivity index (χ4n) is 3.11. The molecule has 114 valence electrons. The summed E-state index contributed by atoms with van der Waals surface area (Å²) in [5.74, 6) is 1.20. The molecule has 5 nitrogen and oxygen atoms in total. The van der Waals surface area contributed by atoms with Crippen LogP contribution in [0.2, 0.25) is 0 Å². The summed E-state index contributed by atoms with van der Waals surface area (Å²) in [7, 11) is 3.61. The first-order chi connectivity index (χ1) is 9.58. The van der Waals surface area contributed by atoms with Gasteiger partial charge in [-0.3, -0.25) is 9.59 Å². The Hall–Kier alpha value is -1.10. The van der Waals surface area contributed by atoms with Crippen molar-refractivity contribution in [2.24, 2.45) is 11.8 Å². The Morgan fingerprint density at radius 2 is 1.70 bits per heavy atom. The number of likely N-dealkylation sites (tertiary alicyclic amines) is 1. The molecule has 0 aromatic carbocycles. The van der Waals surface area contributed by atoms with E-state index < -0.39 is 0 Å². The average molecular weight is 281 g/mol. The number of piperidine rings is 2. The van der Waals surface area contributed by atoms with Crippen molar-refractivity contribution in [3.63, 3.8) is 0 Å². The quantitative estimate of drug-likeness (QED) is 0.828. The van der Waals surface area contributed by atoms with E-state index in [0.717, 1.165) is 51.9 Å². The zero-order valence-corrected chi connectivity index (χ0v) is 12.7. The van der Waals surface area contributed by atoms with E-state index in [2.05, 4.69) is 5.32 Å². The Labute approximate surface area is 121 Å². The van der Waals surface area contributed by atoms with E-state index in [1.807, 2.05) is 4.90 Å². The number of carbonyl (C=O) groups is 2. The van der Waals surface area contributed by atoms with Crippen molar-refractivity contribution < 1.29 is 9.59 Å². The topological polar surface area (TPSA) is 52.7 Å². The van der Waals surface area contributed by atoms with Crippen LogP contribution in [0.3, 0.4) is 0 Å². The molecule has 1 N–H and O–H groups in total. The van der Waals surface area contributed by atoms with E-state index in [0.29, 0.717) is 18.2 Å². The highest BCUT2D eigenvalue weighted by molar-refractivity contribution is 5.79. The Morgan fingerprint density at radius 3 is 2.25 bits per heavy atom. The van der Waals surface area contributed by atoms with Gasteiger partial charge in [-0.2, -0.15) is 0 Å². The third kappa shape index (κ3) is 3.95. The molecule has 2 saturated heterocycles. The van der Waals surface area contributed by atoms with Crippen molar-refractivity contribution in [2.75, 3.05) is 40.3 Å². The van der Waals surface area contributed by atoms with Gasteiger partial charge >= 0.3 is 0 Å². The first kappa shape index (κ1) is 15.3. The van der Waals surface area contributed by atoms with Gasteiger partial charge in [-0.15, -0.1) is 0 Å². The number of hydrogen-bond donors (Lipinski definition) is 1. The van der Waals surface area contributed by atoms with Gasteiger partial charge in [-0.05, 0) is 44.7 Å². The summed E-state index contributed by atoms with van der Waals surface area (Å²) in [6, 6.07) is 0. The molecule has 20 heavy (non-hydrogen) atoms. The number of amides is 2. The number of hydrogen-bond acceptors (Lipinski definition) is 3. The molecule has 0 aromatic rings. The Kier molecular flexibility index (Phi) is 5.40. The van der Waals surface area contributed by atoms with E-state index >= 15 is 0 Å². The second-order valence-electron chi connectivity index (χ2n) is 6.29. The zero-order valence-electron chi connectivity index (χ0n) is 12.7. The van der Waals surface area contributed by atoms with Crippen LogP contribution < -0.4 is 5.32 Å². The van der Waals surface area contributed by atoms with Gasteiger partial charge in [0.1, 0.15) is 0 Å². The number of nitrogens with zero attached hydrogens (tertiary/aromatic N) is 2. The van der Waals surface area contributed by atoms with Gasteiger partial charge in [0.2, 0.25) is 11.8 Å². The van der Waals surface area contributed by atoms with Crippen molar-refractivity contribution in [1.29, 1.82) is 0 Å². The van der Waals surface area contributed by atoms with Gasteiger partial charge in [0.05, 0.1) is 0 Å². The monoisotopic (exact) mass is 281 g/mol. The summed E-state index contributed by atoms with van der Waals surface area (Å²) in [5.41, 5.74) is 0. The number of carbonyl (C=O) groups excluding carboxylic acids is 2. The molecule has 5 heteroatoms. The summed E-state index contributed by atoms with van der Waals surface area (Å²) in [6.07, 6.45) is 4.50. The fourth-order valence-corrected chi connectivity index (χ4v) is 3.11. The second kappa shape index (κ2) is 7.07. The lowest BCUT2D eigenvalue weighted by Crippen LogP contribution is -2.45. The van der Waals surface area contributed by atoms with E-state index in [9.17, 15) is 9.59 Å². The molecule has 0 atom stereocenters. The minimum absolute atomic E-state index is 0.202. The van der Waals surface area contributed by atoms with E-state index in [1.165, 1.54) is 0 Å². The van der Waals surface area contributed by atoms with Crippen LogP contribution in [0.25, 0.3) is 0 Å². The minimum Gasteiger partial charge on any atom is -0.349 e. The summed E-state index contributed by atoms with van der Waals surface area (Å²) < 4.78 is 0. The van der Waals surface area contributed by atoms with Gasteiger partial charge in [0.15, 0.2) is 0 Å². The third-order valence-corrected chi connectivity index (χ3v) is 4.58. The SMILES string of the molecule is CN(C)C(=O)CC1CCN(C(=O)C2CCNCC2)CC1. The lowest BCUT2D eigenvalue weighted by Gasteiger charge is -2.35. The third-order valence-electron chi connectivity index (χ3n) is 4.58. The Balaban J connectivity index is 1.76. The number of nitrogens with one attached hydrogen (secondary N) is 1. The van der Waals surface area contributed by atoms with Gasteiger partial charge in [-0.1, -0.05) is 0 Å². The molecule has 2 aliphatic rings. The molecule has 2 fully saturated rings. The van der Waals surface area contributed by atoms with Crippen molar-refractivity contribution in [2.45, 2.75) is 32.1 Å². The molecule has 2 amide bonds. The highest BCUT2D eigenvalue weighted by atomic mass is 16.2. The smallest absolute Gasteiger partial charge is 0.225 e. The van der Waals surface area contributed by atoms with Gasteiger partial charge in [-0.25, -0.2) is 0 Å². The van der Waals surface area contributed by atoms with Gasteiger partial charge in [0, 0.05) is 39.5 Å². The summed E-state index contributed by atoms with van der Waals surface area (Å²) >= 11 is 0. The molecule has 2 heterocycles. The molecule has 2 aliphatic heterocycles. The van der Waals surface area contributed by atoms with Crippen LogP contribution in [0, 0.1) is 11.8 Å². The Morgan fingerprint density at radius 1 is 1.10 bits per heavy atom. The summed E-state index contributed by atoms with van der Waals surface area (Å²) in [4.78, 5) is 27.8. The first-order valence-electron chi connectivity index (χ1n) is 7.77. The largest absolute Gasteiger partial charge is 0.349 e. The molecular weight excluding hydrogens is 254 g/mol. The molecular formula is C15H27N3O2. The molecule has 0 bridgehead atoms. The van der Waals surface area contributed by atoms with Crippen molar-refractivity contribution >= 4 is 11.8 Å². The average Bonchev–Trinajstić information content (AvgIpc) is 2.48. The zero-order chi connectivity index (χ0) is 14.5. The van der Waals surface area contributed by atoms with Crippen molar-refractivity contribution in [1.82, 2.24) is 15.1 Å². The van der Waals surface area contributed by atoms with Crippen LogP contribution in [0.15, 0.2) is 0 Å². The van der Waals surface area contributed by atoms with Crippen LogP contribution in [-0.4, -0.2) is 61.9 Å². The highest BCUT2D eigenvalue weighted by Crippen LogP contribution is 2.24. The molecule has 2 rings (SSSR count). The summed E-state index contributed by atoms with van der Waals surface area (Å²) in [6.45, 7) is 3.58. The molecule has 0 unspecified atom stereocenters. The van der Waals surface area contributed by atoms with Gasteiger partial charge in [0.25, 0.3) is 0 Å². The van der Waals surface area contributed by atoms with Crippen molar-refractivity contribution in [3.8, 4) is 0 Å². The van der Waals surface area contributed by atoms with E-state index in [1.54, 1.807) is 19.0 Å². The van der Waals surface area contributed by atoms with Crippen molar-refractivity contribution in [3.05, 3.63) is 0 Å². The summed E-state index contributed by atoms with van der Waals surface area (Å²) in [5, 5.41) is 3.30. The van der Waals surface area contributed by atoms with Crippen LogP contribution >= 0.6 is 0 Å². The molecule has 0 radical (unpaired) electrons. The maximum absolute atomic E-state index is 12.4. The number of rotatable bonds is 3. The minimum atomic E-state index is 0.202. The molecule has 0 aromatic heterocycles. The maximum atomic E-state index is 12.4. The Bertz CT molecular complexity index is 343. The van der Waals surface area contributed by atoms with Gasteiger partial charge < -0.3 is 15.1 Å². The second-order valence-corrected chi connectivity index (χ2v) is 6.29. The lowest BCUT2D eigenvalue weighted by molar-refractivity contribution is -0.138. The maximum Gasteiger partial charge on any atom is 0.225 e. The van der Waals surface area contributed by atoms with Crippen LogP contribution in [-0.2, 0) is 9.59 Å². The fraction of sp³-hybridized carbons (Fsp3) is 0.867. The molecule has 0 aliphatic carbocycles. The lowest BCUT2D eigenvalue weighted by atomic mass is 9.90. The predicted molar refractivity (Wildman–Crippen MR) is 78.2 cm³/mol. The van der Waals surface area contributed by atoms with E-state index in [-0.39, 0.29) is 11.8 Å². The first-order valence-corrected chi connectivity index (χ1v) is 7.77. The van der Waals surface area contributed by atoms with Crippen LogP contribution in [0.5, 0.6) is 0 Å². The molecule has 0 spiro atoms. The normalized spacial score (nSPS) is 21.8.